The van der Waals surface area contributed by atoms with Crippen molar-refractivity contribution in [1.29, 1.82) is 0 Å². The normalized spacial score (nSPS) is 11.8. The van der Waals surface area contributed by atoms with Gasteiger partial charge in [0.15, 0.2) is 0 Å². The summed E-state index contributed by atoms with van der Waals surface area (Å²) in [7, 11) is -2.44. The van der Waals surface area contributed by atoms with E-state index in [1.165, 1.54) is 13.2 Å². The second-order valence-electron chi connectivity index (χ2n) is 4.67. The third-order valence-corrected chi connectivity index (χ3v) is 3.86. The van der Waals surface area contributed by atoms with Gasteiger partial charge in [-0.2, -0.15) is 5.10 Å². The Balaban J connectivity index is 2.63. The van der Waals surface area contributed by atoms with E-state index in [1.807, 2.05) is 24.6 Å². The first-order valence-electron chi connectivity index (χ1n) is 6.09. The standard InChI is InChI=1S/C13H17N3O3S/c1-9(2)16-11(6-7-15-16)10-4-5-12(19-3)13(8-10)20(14,17)18/h4-9H,1-3H3,(H2,14,17,18). The zero-order valence-electron chi connectivity index (χ0n) is 11.6. The number of hydrogen-bond donors (Lipinski definition) is 1. The lowest BCUT2D eigenvalue weighted by molar-refractivity contribution is 0.403. The van der Waals surface area contributed by atoms with Gasteiger partial charge in [-0.3, -0.25) is 4.68 Å². The van der Waals surface area contributed by atoms with Crippen LogP contribution in [0.5, 0.6) is 5.75 Å². The van der Waals surface area contributed by atoms with Crippen molar-refractivity contribution < 1.29 is 13.2 Å². The van der Waals surface area contributed by atoms with Crippen LogP contribution < -0.4 is 9.88 Å². The highest BCUT2D eigenvalue weighted by molar-refractivity contribution is 7.89. The Hall–Kier alpha value is -1.86. The topological polar surface area (TPSA) is 87.2 Å². The zero-order valence-corrected chi connectivity index (χ0v) is 12.4. The van der Waals surface area contributed by atoms with E-state index in [4.69, 9.17) is 9.88 Å². The van der Waals surface area contributed by atoms with Crippen LogP contribution in [0, 0.1) is 0 Å². The predicted molar refractivity (Wildman–Crippen MR) is 76.0 cm³/mol. The number of nitrogens with zero attached hydrogens (tertiary/aromatic N) is 2. The Labute approximate surface area is 118 Å². The summed E-state index contributed by atoms with van der Waals surface area (Å²) in [6.07, 6.45) is 1.68. The number of aromatic nitrogens is 2. The summed E-state index contributed by atoms with van der Waals surface area (Å²) in [5.74, 6) is 0.229. The van der Waals surface area contributed by atoms with E-state index in [0.29, 0.717) is 0 Å². The van der Waals surface area contributed by atoms with Gasteiger partial charge in [-0.1, -0.05) is 0 Å². The maximum Gasteiger partial charge on any atom is 0.241 e. The molecule has 20 heavy (non-hydrogen) atoms. The number of methoxy groups -OCH3 is 1. The molecule has 1 heterocycles. The Morgan fingerprint density at radius 3 is 2.55 bits per heavy atom. The average Bonchev–Trinajstić information content (AvgIpc) is 2.86. The highest BCUT2D eigenvalue weighted by Crippen LogP contribution is 2.30. The Bertz CT molecular complexity index is 720. The van der Waals surface area contributed by atoms with Crippen LogP contribution in [-0.4, -0.2) is 25.3 Å². The van der Waals surface area contributed by atoms with Crippen LogP contribution in [0.4, 0.5) is 0 Å². The molecule has 1 aromatic carbocycles. The molecule has 1 aromatic heterocycles. The molecular formula is C13H17N3O3S. The lowest BCUT2D eigenvalue weighted by atomic mass is 10.1. The van der Waals surface area contributed by atoms with Gasteiger partial charge in [-0.05, 0) is 38.1 Å². The molecule has 6 nitrogen and oxygen atoms in total. The fourth-order valence-electron chi connectivity index (χ4n) is 2.01. The minimum Gasteiger partial charge on any atom is -0.495 e. The molecule has 0 radical (unpaired) electrons. The summed E-state index contributed by atoms with van der Waals surface area (Å²) < 4.78 is 30.1. The molecule has 0 saturated heterocycles. The van der Waals surface area contributed by atoms with Crippen LogP contribution in [0.15, 0.2) is 35.4 Å². The van der Waals surface area contributed by atoms with E-state index in [2.05, 4.69) is 5.10 Å². The lowest BCUT2D eigenvalue weighted by Gasteiger charge is -2.13. The zero-order chi connectivity index (χ0) is 14.9. The number of rotatable bonds is 4. The molecule has 0 bridgehead atoms. The van der Waals surface area contributed by atoms with Gasteiger partial charge in [0.2, 0.25) is 10.0 Å². The highest BCUT2D eigenvalue weighted by Gasteiger charge is 2.17. The van der Waals surface area contributed by atoms with Gasteiger partial charge in [0, 0.05) is 17.8 Å². The lowest BCUT2D eigenvalue weighted by Crippen LogP contribution is -2.14. The number of primary sulfonamides is 1. The molecule has 7 heteroatoms. The van der Waals surface area contributed by atoms with Gasteiger partial charge in [0.05, 0.1) is 12.8 Å². The van der Waals surface area contributed by atoms with Crippen molar-refractivity contribution in [3.63, 3.8) is 0 Å². The quantitative estimate of drug-likeness (QED) is 0.931. The molecule has 0 aliphatic heterocycles. The fraction of sp³-hybridized carbons (Fsp3) is 0.308. The Morgan fingerprint density at radius 1 is 1.30 bits per heavy atom. The Kier molecular flexibility index (Phi) is 3.82. The first-order valence-corrected chi connectivity index (χ1v) is 7.64. The van der Waals surface area contributed by atoms with E-state index < -0.39 is 10.0 Å². The van der Waals surface area contributed by atoms with Gasteiger partial charge in [-0.25, -0.2) is 13.6 Å². The average molecular weight is 295 g/mol. The molecule has 0 fully saturated rings. The summed E-state index contributed by atoms with van der Waals surface area (Å²) >= 11 is 0. The molecule has 0 saturated carbocycles. The summed E-state index contributed by atoms with van der Waals surface area (Å²) in [5, 5.41) is 9.45. The van der Waals surface area contributed by atoms with Crippen molar-refractivity contribution in [3.8, 4) is 17.0 Å². The summed E-state index contributed by atoms with van der Waals surface area (Å²) in [4.78, 5) is -0.0333. The van der Waals surface area contributed by atoms with Crippen molar-refractivity contribution >= 4 is 10.0 Å². The van der Waals surface area contributed by atoms with Crippen molar-refractivity contribution in [2.45, 2.75) is 24.8 Å². The summed E-state index contributed by atoms with van der Waals surface area (Å²) in [5.41, 5.74) is 1.55. The fourth-order valence-corrected chi connectivity index (χ4v) is 2.74. The molecule has 0 aliphatic carbocycles. The summed E-state index contributed by atoms with van der Waals surface area (Å²) in [6.45, 7) is 4.00. The predicted octanol–water partition coefficient (Wildman–Crippen LogP) is 1.79. The van der Waals surface area contributed by atoms with Gasteiger partial charge < -0.3 is 4.74 Å². The van der Waals surface area contributed by atoms with E-state index in [9.17, 15) is 8.42 Å². The number of sulfonamides is 1. The van der Waals surface area contributed by atoms with Crippen molar-refractivity contribution in [2.24, 2.45) is 5.14 Å². The SMILES string of the molecule is COc1ccc(-c2ccnn2C(C)C)cc1S(N)(=O)=O. The highest BCUT2D eigenvalue weighted by atomic mass is 32.2. The largest absolute Gasteiger partial charge is 0.495 e. The van der Waals surface area contributed by atoms with Gasteiger partial charge in [0.25, 0.3) is 0 Å². The van der Waals surface area contributed by atoms with E-state index >= 15 is 0 Å². The third kappa shape index (κ3) is 2.68. The van der Waals surface area contributed by atoms with Crippen LogP contribution in [0.1, 0.15) is 19.9 Å². The molecule has 0 amide bonds. The van der Waals surface area contributed by atoms with E-state index in [-0.39, 0.29) is 16.7 Å². The number of ether oxygens (including phenoxy) is 1. The molecule has 0 unspecified atom stereocenters. The van der Waals surface area contributed by atoms with Gasteiger partial charge >= 0.3 is 0 Å². The monoisotopic (exact) mass is 295 g/mol. The van der Waals surface area contributed by atoms with Crippen molar-refractivity contribution in [1.82, 2.24) is 9.78 Å². The van der Waals surface area contributed by atoms with E-state index in [1.54, 1.807) is 18.3 Å². The molecule has 0 aliphatic rings. The minimum absolute atomic E-state index is 0.0333. The van der Waals surface area contributed by atoms with Crippen molar-refractivity contribution in [2.75, 3.05) is 7.11 Å². The van der Waals surface area contributed by atoms with Gasteiger partial charge in [0.1, 0.15) is 10.6 Å². The molecule has 2 N–H and O–H groups in total. The second kappa shape index (κ2) is 5.26. The van der Waals surface area contributed by atoms with Crippen LogP contribution >= 0.6 is 0 Å². The molecule has 0 atom stereocenters. The van der Waals surface area contributed by atoms with E-state index in [0.717, 1.165) is 11.3 Å². The van der Waals surface area contributed by atoms with Gasteiger partial charge in [-0.15, -0.1) is 0 Å². The first kappa shape index (κ1) is 14.5. The Morgan fingerprint density at radius 2 is 2.00 bits per heavy atom. The molecule has 2 rings (SSSR count). The van der Waals surface area contributed by atoms with Crippen LogP contribution in [0.25, 0.3) is 11.3 Å². The maximum atomic E-state index is 11.6. The first-order chi connectivity index (χ1) is 9.34. The molecule has 2 aromatic rings. The number of benzene rings is 1. The van der Waals surface area contributed by atoms with Crippen LogP contribution in [-0.2, 0) is 10.0 Å². The second-order valence-corrected chi connectivity index (χ2v) is 6.20. The molecule has 108 valence electrons. The smallest absolute Gasteiger partial charge is 0.241 e. The summed E-state index contributed by atoms with van der Waals surface area (Å²) in [6, 6.07) is 6.87. The third-order valence-electron chi connectivity index (χ3n) is 2.93. The maximum absolute atomic E-state index is 11.6. The van der Waals surface area contributed by atoms with Crippen LogP contribution in [0.2, 0.25) is 0 Å². The molecular weight excluding hydrogens is 278 g/mol. The van der Waals surface area contributed by atoms with Crippen molar-refractivity contribution in [3.05, 3.63) is 30.5 Å². The number of nitrogens with two attached hydrogens (primary N) is 1. The molecule has 0 spiro atoms. The minimum atomic E-state index is -3.85. The van der Waals surface area contributed by atoms with Crippen LogP contribution in [0.3, 0.4) is 0 Å². The number of hydrogen-bond acceptors (Lipinski definition) is 4.